The molecule has 0 aliphatic carbocycles. The van der Waals surface area contributed by atoms with E-state index in [2.05, 4.69) is 10.3 Å². The van der Waals surface area contributed by atoms with Crippen LogP contribution in [0.1, 0.15) is 5.89 Å². The number of benzene rings is 3. The molecule has 0 aliphatic rings. The lowest BCUT2D eigenvalue weighted by atomic mass is 10.1. The molecule has 5 nitrogen and oxygen atoms in total. The molecule has 0 aliphatic heterocycles. The molecule has 130 valence electrons. The maximum atomic E-state index is 12.0. The van der Waals surface area contributed by atoms with Gasteiger partial charge in [-0.2, -0.15) is 0 Å². The zero-order valence-corrected chi connectivity index (χ0v) is 14.1. The Bertz CT molecular complexity index is 1020. The number of rotatable bonds is 6. The van der Waals surface area contributed by atoms with Crippen LogP contribution in [0, 0.1) is 0 Å². The van der Waals surface area contributed by atoms with Crippen LogP contribution in [0.2, 0.25) is 0 Å². The van der Waals surface area contributed by atoms with Crippen molar-refractivity contribution in [2.45, 2.75) is 6.42 Å². The second-order valence-electron chi connectivity index (χ2n) is 5.97. The van der Waals surface area contributed by atoms with Crippen LogP contribution >= 0.6 is 0 Å². The van der Waals surface area contributed by atoms with Crippen molar-refractivity contribution in [2.75, 3.05) is 13.2 Å². The average molecular weight is 346 g/mol. The minimum Gasteiger partial charge on any atom is -0.484 e. The lowest BCUT2D eigenvalue weighted by molar-refractivity contribution is -0.123. The number of hydrogen-bond acceptors (Lipinski definition) is 4. The highest BCUT2D eigenvalue weighted by molar-refractivity contribution is 5.84. The normalized spacial score (nSPS) is 10.9. The molecule has 0 spiro atoms. The van der Waals surface area contributed by atoms with Crippen LogP contribution in [0.3, 0.4) is 0 Å². The van der Waals surface area contributed by atoms with Crippen LogP contribution in [0.4, 0.5) is 0 Å². The summed E-state index contributed by atoms with van der Waals surface area (Å²) in [4.78, 5) is 16.3. The van der Waals surface area contributed by atoms with E-state index in [1.54, 1.807) is 0 Å². The van der Waals surface area contributed by atoms with Crippen molar-refractivity contribution < 1.29 is 13.9 Å². The van der Waals surface area contributed by atoms with Crippen molar-refractivity contribution in [3.8, 4) is 5.75 Å². The van der Waals surface area contributed by atoms with E-state index < -0.39 is 0 Å². The molecule has 0 unspecified atom stereocenters. The van der Waals surface area contributed by atoms with Crippen LogP contribution < -0.4 is 10.1 Å². The maximum Gasteiger partial charge on any atom is 0.257 e. The summed E-state index contributed by atoms with van der Waals surface area (Å²) in [5.41, 5.74) is 1.59. The highest BCUT2D eigenvalue weighted by atomic mass is 16.5. The number of nitrogens with zero attached hydrogens (tertiary/aromatic N) is 1. The highest BCUT2D eigenvalue weighted by Crippen LogP contribution is 2.20. The van der Waals surface area contributed by atoms with Crippen molar-refractivity contribution in [1.29, 1.82) is 0 Å². The number of ether oxygens (including phenoxy) is 1. The number of oxazole rings is 1. The second kappa shape index (κ2) is 7.27. The van der Waals surface area contributed by atoms with Crippen molar-refractivity contribution in [2.24, 2.45) is 0 Å². The summed E-state index contributed by atoms with van der Waals surface area (Å²) < 4.78 is 11.2. The number of nitrogens with one attached hydrogen (secondary N) is 1. The molecule has 4 rings (SSSR count). The number of amides is 1. The fraction of sp³-hybridized carbons (Fsp3) is 0.143. The van der Waals surface area contributed by atoms with Crippen LogP contribution in [0.25, 0.3) is 21.9 Å². The fourth-order valence-corrected chi connectivity index (χ4v) is 2.79. The zero-order valence-electron chi connectivity index (χ0n) is 14.1. The maximum absolute atomic E-state index is 12.0. The van der Waals surface area contributed by atoms with Crippen LogP contribution in [-0.2, 0) is 11.2 Å². The molecule has 3 aromatic carbocycles. The van der Waals surface area contributed by atoms with Gasteiger partial charge in [-0.1, -0.05) is 42.5 Å². The van der Waals surface area contributed by atoms with Crippen molar-refractivity contribution in [1.82, 2.24) is 10.3 Å². The minimum absolute atomic E-state index is 0.0219. The second-order valence-corrected chi connectivity index (χ2v) is 5.97. The Morgan fingerprint density at radius 3 is 2.69 bits per heavy atom. The summed E-state index contributed by atoms with van der Waals surface area (Å²) in [6.45, 7) is 0.429. The number of aromatic nitrogens is 1. The van der Waals surface area contributed by atoms with E-state index in [1.165, 1.54) is 0 Å². The first-order valence-corrected chi connectivity index (χ1v) is 8.51. The smallest absolute Gasteiger partial charge is 0.257 e. The van der Waals surface area contributed by atoms with Crippen LogP contribution in [-0.4, -0.2) is 24.0 Å². The molecule has 0 saturated carbocycles. The average Bonchev–Trinajstić information content (AvgIpc) is 3.09. The predicted octanol–water partition coefficient (Wildman–Crippen LogP) is 3.72. The van der Waals surface area contributed by atoms with Gasteiger partial charge in [0.15, 0.2) is 18.1 Å². The van der Waals surface area contributed by atoms with Gasteiger partial charge in [0.05, 0.1) is 0 Å². The Morgan fingerprint density at radius 2 is 1.81 bits per heavy atom. The number of carbonyl (C=O) groups is 1. The summed E-state index contributed by atoms with van der Waals surface area (Å²) in [7, 11) is 0. The van der Waals surface area contributed by atoms with E-state index in [9.17, 15) is 4.79 Å². The summed E-state index contributed by atoms with van der Waals surface area (Å²) >= 11 is 0. The van der Waals surface area contributed by atoms with Gasteiger partial charge in [-0.3, -0.25) is 4.79 Å². The first-order chi connectivity index (χ1) is 12.8. The third-order valence-electron chi connectivity index (χ3n) is 4.09. The largest absolute Gasteiger partial charge is 0.484 e. The monoisotopic (exact) mass is 346 g/mol. The number of carbonyl (C=O) groups excluding carboxylic acids is 1. The Balaban J connectivity index is 1.27. The van der Waals surface area contributed by atoms with Gasteiger partial charge < -0.3 is 14.5 Å². The van der Waals surface area contributed by atoms with Gasteiger partial charge in [0.1, 0.15) is 11.3 Å². The zero-order chi connectivity index (χ0) is 17.8. The summed E-state index contributed by atoms with van der Waals surface area (Å²) in [5, 5.41) is 5.04. The molecule has 0 fully saturated rings. The summed E-state index contributed by atoms with van der Waals surface area (Å²) in [6, 6.07) is 21.4. The standard InChI is InChI=1S/C21H18N2O3/c24-20(14-25-17-10-9-15-5-1-2-6-16(15)13-17)22-12-11-21-23-18-7-3-4-8-19(18)26-21/h1-10,13H,11-12,14H2,(H,22,24). The quantitative estimate of drug-likeness (QED) is 0.578. The lowest BCUT2D eigenvalue weighted by Crippen LogP contribution is -2.30. The minimum atomic E-state index is -0.172. The van der Waals surface area contributed by atoms with E-state index in [0.29, 0.717) is 24.6 Å². The number of para-hydroxylation sites is 2. The Kier molecular flexibility index (Phi) is 4.51. The van der Waals surface area contributed by atoms with Gasteiger partial charge in [0, 0.05) is 13.0 Å². The molecule has 0 radical (unpaired) electrons. The predicted molar refractivity (Wildman–Crippen MR) is 100 cm³/mol. The summed E-state index contributed by atoms with van der Waals surface area (Å²) in [5.74, 6) is 1.12. The van der Waals surface area contributed by atoms with Crippen molar-refractivity contribution in [3.63, 3.8) is 0 Å². The topological polar surface area (TPSA) is 64.4 Å². The molecule has 0 atom stereocenters. The number of hydrogen-bond donors (Lipinski definition) is 1. The first-order valence-electron chi connectivity index (χ1n) is 8.51. The third kappa shape index (κ3) is 3.67. The van der Waals surface area contributed by atoms with E-state index >= 15 is 0 Å². The van der Waals surface area contributed by atoms with Gasteiger partial charge in [-0.25, -0.2) is 4.98 Å². The van der Waals surface area contributed by atoms with Gasteiger partial charge in [0.25, 0.3) is 5.91 Å². The van der Waals surface area contributed by atoms with E-state index in [0.717, 1.165) is 21.9 Å². The Labute approximate surface area is 150 Å². The summed E-state index contributed by atoms with van der Waals surface area (Å²) in [6.07, 6.45) is 0.538. The third-order valence-corrected chi connectivity index (χ3v) is 4.09. The first kappa shape index (κ1) is 16.1. The molecule has 1 aromatic heterocycles. The van der Waals surface area contributed by atoms with Crippen molar-refractivity contribution in [3.05, 3.63) is 72.6 Å². The SMILES string of the molecule is O=C(COc1ccc2ccccc2c1)NCCc1nc2ccccc2o1. The molecule has 5 heteroatoms. The molecule has 26 heavy (non-hydrogen) atoms. The molecule has 0 bridgehead atoms. The van der Waals surface area contributed by atoms with Gasteiger partial charge in [0.2, 0.25) is 0 Å². The highest BCUT2D eigenvalue weighted by Gasteiger charge is 2.07. The molecule has 4 aromatic rings. The van der Waals surface area contributed by atoms with Crippen molar-refractivity contribution >= 4 is 27.8 Å². The Hall–Kier alpha value is -3.34. The fourth-order valence-electron chi connectivity index (χ4n) is 2.79. The van der Waals surface area contributed by atoms with Gasteiger partial charge >= 0.3 is 0 Å². The Morgan fingerprint density at radius 1 is 1.00 bits per heavy atom. The van der Waals surface area contributed by atoms with E-state index in [1.807, 2.05) is 66.7 Å². The molecule has 1 amide bonds. The molecular formula is C21H18N2O3. The number of fused-ring (bicyclic) bond motifs is 2. The van der Waals surface area contributed by atoms with Crippen LogP contribution in [0.5, 0.6) is 5.75 Å². The van der Waals surface area contributed by atoms with Gasteiger partial charge in [-0.05, 0) is 35.0 Å². The van der Waals surface area contributed by atoms with Crippen LogP contribution in [0.15, 0.2) is 71.1 Å². The van der Waals surface area contributed by atoms with E-state index in [-0.39, 0.29) is 12.5 Å². The van der Waals surface area contributed by atoms with Gasteiger partial charge in [-0.15, -0.1) is 0 Å². The molecular weight excluding hydrogens is 328 g/mol. The molecule has 1 heterocycles. The lowest BCUT2D eigenvalue weighted by Gasteiger charge is -2.07. The molecule has 1 N–H and O–H groups in total. The van der Waals surface area contributed by atoms with E-state index in [4.69, 9.17) is 9.15 Å². The molecule has 0 saturated heterocycles.